The van der Waals surface area contributed by atoms with Crippen LogP contribution in [0.25, 0.3) is 0 Å². The van der Waals surface area contributed by atoms with E-state index in [0.29, 0.717) is 26.2 Å². The molecule has 0 bridgehead atoms. The number of ether oxygens (including phenoxy) is 2. The fraction of sp³-hybridized carbons (Fsp3) is 0.474. The summed E-state index contributed by atoms with van der Waals surface area (Å²) >= 11 is 0. The molecule has 3 rings (SSSR count). The van der Waals surface area contributed by atoms with Crippen molar-refractivity contribution in [2.45, 2.75) is 18.6 Å². The van der Waals surface area contributed by atoms with Crippen LogP contribution in [0.2, 0.25) is 0 Å². The van der Waals surface area contributed by atoms with E-state index >= 15 is 0 Å². The van der Waals surface area contributed by atoms with Crippen molar-refractivity contribution in [1.29, 1.82) is 0 Å². The molecule has 32 heavy (non-hydrogen) atoms. The summed E-state index contributed by atoms with van der Waals surface area (Å²) in [6.07, 6.45) is -9.14. The minimum absolute atomic E-state index is 0.00121. The van der Waals surface area contributed by atoms with Gasteiger partial charge in [-0.25, -0.2) is 9.97 Å². The number of β-amino-alcohol motifs (C(OH)–C–C–N with tert-alkyl or cyclic N) is 1. The quantitative estimate of drug-likeness (QED) is 0.630. The molecule has 0 unspecified atom stereocenters. The molecular formula is C19H20F6N4O3. The van der Waals surface area contributed by atoms with Crippen LogP contribution in [-0.4, -0.2) is 71.8 Å². The second kappa shape index (κ2) is 9.77. The van der Waals surface area contributed by atoms with Gasteiger partial charge in [-0.1, -0.05) is 0 Å². The van der Waals surface area contributed by atoms with Gasteiger partial charge in [0.1, 0.15) is 29.9 Å². The van der Waals surface area contributed by atoms with Crippen molar-refractivity contribution in [1.82, 2.24) is 14.9 Å². The Morgan fingerprint density at radius 1 is 0.938 bits per heavy atom. The van der Waals surface area contributed by atoms with E-state index in [1.54, 1.807) is 4.90 Å². The molecule has 1 saturated heterocycles. The second-order valence-corrected chi connectivity index (χ2v) is 7.01. The number of aromatic nitrogens is 2. The van der Waals surface area contributed by atoms with Crippen molar-refractivity contribution in [3.63, 3.8) is 0 Å². The minimum atomic E-state index is -4.78. The number of hydrogen-bond donors (Lipinski definition) is 1. The van der Waals surface area contributed by atoms with Crippen LogP contribution in [0.5, 0.6) is 11.5 Å². The average Bonchev–Trinajstić information content (AvgIpc) is 2.72. The number of anilines is 1. The highest BCUT2D eigenvalue weighted by molar-refractivity contribution is 5.32. The first-order chi connectivity index (χ1) is 15.0. The first-order valence-electron chi connectivity index (χ1n) is 9.54. The third kappa shape index (κ3) is 7.12. The van der Waals surface area contributed by atoms with Crippen LogP contribution in [0.4, 0.5) is 32.3 Å². The van der Waals surface area contributed by atoms with Gasteiger partial charge in [0.2, 0.25) is 5.95 Å². The molecule has 176 valence electrons. The maximum Gasteiger partial charge on any atom is 0.573 e. The summed E-state index contributed by atoms with van der Waals surface area (Å²) in [6.45, 7) is 1.88. The Morgan fingerprint density at radius 2 is 1.56 bits per heavy atom. The Labute approximate surface area is 179 Å². The van der Waals surface area contributed by atoms with Gasteiger partial charge in [-0.3, -0.25) is 4.90 Å². The number of hydrogen-bond acceptors (Lipinski definition) is 7. The van der Waals surface area contributed by atoms with E-state index in [2.05, 4.69) is 14.7 Å². The molecule has 1 aliphatic heterocycles. The molecule has 1 aromatic heterocycles. The number of alkyl halides is 6. The number of aliphatic hydroxyl groups excluding tert-OH is 1. The largest absolute Gasteiger partial charge is 0.573 e. The number of aliphatic hydroxyl groups is 1. The van der Waals surface area contributed by atoms with Crippen molar-refractivity contribution < 1.29 is 40.9 Å². The van der Waals surface area contributed by atoms with E-state index in [-0.39, 0.29) is 30.6 Å². The van der Waals surface area contributed by atoms with Gasteiger partial charge in [0.25, 0.3) is 0 Å². The zero-order valence-corrected chi connectivity index (χ0v) is 16.6. The molecule has 0 aliphatic carbocycles. The molecule has 0 amide bonds. The molecule has 1 fully saturated rings. The lowest BCUT2D eigenvalue weighted by molar-refractivity contribution is -0.274. The molecule has 1 N–H and O–H groups in total. The molecule has 1 atom stereocenters. The molecule has 0 saturated carbocycles. The van der Waals surface area contributed by atoms with Gasteiger partial charge in [-0.05, 0) is 30.3 Å². The fourth-order valence-corrected chi connectivity index (χ4v) is 3.07. The molecule has 7 nitrogen and oxygen atoms in total. The van der Waals surface area contributed by atoms with Crippen LogP contribution in [0.15, 0.2) is 36.5 Å². The maximum atomic E-state index is 12.8. The van der Waals surface area contributed by atoms with Crippen LogP contribution < -0.4 is 14.4 Å². The molecule has 1 aromatic carbocycles. The van der Waals surface area contributed by atoms with Crippen LogP contribution in [0.1, 0.15) is 5.69 Å². The maximum absolute atomic E-state index is 12.8. The lowest BCUT2D eigenvalue weighted by Crippen LogP contribution is -2.49. The molecule has 13 heteroatoms. The number of halogens is 6. The second-order valence-electron chi connectivity index (χ2n) is 7.01. The highest BCUT2D eigenvalue weighted by Gasteiger charge is 2.33. The summed E-state index contributed by atoms with van der Waals surface area (Å²) in [5.74, 6) is -0.112. The van der Waals surface area contributed by atoms with Crippen molar-refractivity contribution in [2.24, 2.45) is 0 Å². The highest BCUT2D eigenvalue weighted by atomic mass is 19.4. The Kier molecular flexibility index (Phi) is 7.29. The van der Waals surface area contributed by atoms with Crippen LogP contribution in [0.3, 0.4) is 0 Å². The third-order valence-corrected chi connectivity index (χ3v) is 4.56. The van der Waals surface area contributed by atoms with E-state index < -0.39 is 24.3 Å². The minimum Gasteiger partial charge on any atom is -0.491 e. The third-order valence-electron chi connectivity index (χ3n) is 4.56. The Hall–Kier alpha value is -2.80. The predicted octanol–water partition coefficient (Wildman–Crippen LogP) is 2.96. The standard InChI is InChI=1S/C19H20F6N4O3/c20-18(21,22)16-5-6-26-17(27-16)29-9-7-28(8-10-29)11-13(30)12-31-14-1-3-15(4-2-14)32-19(23,24)25/h1-6,13,30H,7-12H2/t13-/m0/s1. The predicted molar refractivity (Wildman–Crippen MR) is 100 cm³/mol. The van der Waals surface area contributed by atoms with Gasteiger partial charge >= 0.3 is 12.5 Å². The number of rotatable bonds is 7. The molecule has 0 spiro atoms. The summed E-state index contributed by atoms with van der Waals surface area (Å²) < 4.78 is 84.1. The van der Waals surface area contributed by atoms with Crippen LogP contribution >= 0.6 is 0 Å². The number of nitrogens with zero attached hydrogens (tertiary/aromatic N) is 4. The smallest absolute Gasteiger partial charge is 0.491 e. The monoisotopic (exact) mass is 466 g/mol. The first kappa shape index (κ1) is 23.9. The normalized spacial score (nSPS) is 16.7. The van der Waals surface area contributed by atoms with E-state index in [1.165, 1.54) is 12.1 Å². The summed E-state index contributed by atoms with van der Waals surface area (Å²) in [6, 6.07) is 5.60. The molecular weight excluding hydrogens is 446 g/mol. The Morgan fingerprint density at radius 3 is 2.16 bits per heavy atom. The summed E-state index contributed by atoms with van der Waals surface area (Å²) in [7, 11) is 0. The number of piperazine rings is 1. The lowest BCUT2D eigenvalue weighted by atomic mass is 10.2. The Balaban J connectivity index is 1.42. The molecule has 2 aromatic rings. The summed E-state index contributed by atoms with van der Waals surface area (Å²) in [4.78, 5) is 11.0. The van der Waals surface area contributed by atoms with Gasteiger partial charge in [-0.2, -0.15) is 13.2 Å². The van der Waals surface area contributed by atoms with Gasteiger partial charge < -0.3 is 19.5 Å². The van der Waals surface area contributed by atoms with Crippen molar-refractivity contribution in [2.75, 3.05) is 44.2 Å². The van der Waals surface area contributed by atoms with E-state index in [4.69, 9.17) is 4.74 Å². The van der Waals surface area contributed by atoms with Gasteiger partial charge in [-0.15, -0.1) is 13.2 Å². The van der Waals surface area contributed by atoms with Gasteiger partial charge in [0, 0.05) is 38.9 Å². The first-order valence-corrected chi connectivity index (χ1v) is 9.54. The SMILES string of the molecule is O[C@H](COc1ccc(OC(F)(F)F)cc1)CN1CCN(c2nccc(C(F)(F)F)n2)CC1. The van der Waals surface area contributed by atoms with Crippen molar-refractivity contribution in [3.8, 4) is 11.5 Å². The van der Waals surface area contributed by atoms with Crippen molar-refractivity contribution >= 4 is 5.95 Å². The van der Waals surface area contributed by atoms with Gasteiger partial charge in [0.05, 0.1) is 0 Å². The van der Waals surface area contributed by atoms with Crippen molar-refractivity contribution in [3.05, 3.63) is 42.2 Å². The van der Waals surface area contributed by atoms with Crippen LogP contribution in [-0.2, 0) is 6.18 Å². The lowest BCUT2D eigenvalue weighted by Gasteiger charge is -2.35. The fourth-order valence-electron chi connectivity index (χ4n) is 3.07. The topological polar surface area (TPSA) is 71.0 Å². The molecule has 0 radical (unpaired) electrons. The number of benzene rings is 1. The van der Waals surface area contributed by atoms with Gasteiger partial charge in [0.15, 0.2) is 0 Å². The molecule has 1 aliphatic rings. The summed E-state index contributed by atoms with van der Waals surface area (Å²) in [5.41, 5.74) is -1.00. The zero-order valence-electron chi connectivity index (χ0n) is 16.6. The van der Waals surface area contributed by atoms with E-state index in [9.17, 15) is 31.4 Å². The Bertz CT molecular complexity index is 871. The van der Waals surface area contributed by atoms with E-state index in [1.807, 2.05) is 4.90 Å². The van der Waals surface area contributed by atoms with Crippen LogP contribution in [0, 0.1) is 0 Å². The highest BCUT2D eigenvalue weighted by Crippen LogP contribution is 2.28. The zero-order chi connectivity index (χ0) is 23.4. The average molecular weight is 466 g/mol. The molecule has 2 heterocycles. The summed E-state index contributed by atoms with van der Waals surface area (Å²) in [5, 5.41) is 10.2. The van der Waals surface area contributed by atoms with E-state index in [0.717, 1.165) is 24.4 Å².